The number of hydrogen-bond donors (Lipinski definition) is 1. The van der Waals surface area contributed by atoms with E-state index in [0.29, 0.717) is 13.2 Å². The molecule has 0 unspecified atom stereocenters. The number of likely N-dealkylation sites (N-methyl/N-ethyl adjacent to an activating group) is 1. The first-order valence-electron chi connectivity index (χ1n) is 4.87. The highest BCUT2D eigenvalue weighted by Gasteiger charge is 1.91. The minimum atomic E-state index is -0.365. The molecule has 5 nitrogen and oxygen atoms in total. The van der Waals surface area contributed by atoms with Gasteiger partial charge in [0.05, 0.1) is 20.3 Å². The maximum absolute atomic E-state index is 10.6. The van der Waals surface area contributed by atoms with Crippen LogP contribution >= 0.6 is 0 Å². The van der Waals surface area contributed by atoms with Crippen molar-refractivity contribution in [1.82, 2.24) is 10.2 Å². The van der Waals surface area contributed by atoms with Crippen molar-refractivity contribution in [2.24, 2.45) is 0 Å². The van der Waals surface area contributed by atoms with Crippen LogP contribution in [0.4, 0.5) is 0 Å². The van der Waals surface area contributed by atoms with Gasteiger partial charge in [-0.15, -0.1) is 0 Å². The molecule has 0 heterocycles. The highest BCUT2D eigenvalue weighted by atomic mass is 16.5. The Bertz CT molecular complexity index is 193. The Balaban J connectivity index is 3.18. The second-order valence-corrected chi connectivity index (χ2v) is 3.23. The zero-order valence-corrected chi connectivity index (χ0v) is 9.66. The minimum Gasteiger partial charge on any atom is -0.466 e. The Hall–Kier alpha value is -1.07. The average molecular weight is 216 g/mol. The Morgan fingerprint density at radius 1 is 1.40 bits per heavy atom. The number of ether oxygens (including phenoxy) is 2. The molecule has 0 aliphatic carbocycles. The predicted molar refractivity (Wildman–Crippen MR) is 58.5 cm³/mol. The third-order valence-electron chi connectivity index (χ3n) is 1.61. The molecule has 0 amide bonds. The molecule has 0 bridgehead atoms. The topological polar surface area (TPSA) is 50.8 Å². The predicted octanol–water partition coefficient (Wildman–Crippen LogP) is -0.159. The van der Waals surface area contributed by atoms with Crippen LogP contribution in [0.1, 0.15) is 0 Å². The van der Waals surface area contributed by atoms with Gasteiger partial charge in [0.1, 0.15) is 0 Å². The van der Waals surface area contributed by atoms with Gasteiger partial charge in [-0.1, -0.05) is 0 Å². The van der Waals surface area contributed by atoms with Crippen LogP contribution in [-0.2, 0) is 14.3 Å². The Kier molecular flexibility index (Phi) is 8.81. The van der Waals surface area contributed by atoms with E-state index in [1.54, 1.807) is 6.20 Å². The summed E-state index contributed by atoms with van der Waals surface area (Å²) in [5, 5.41) is 2.92. The Labute approximate surface area is 91.0 Å². The lowest BCUT2D eigenvalue weighted by Gasteiger charge is -2.09. The lowest BCUT2D eigenvalue weighted by molar-refractivity contribution is -0.134. The van der Waals surface area contributed by atoms with Crippen LogP contribution < -0.4 is 5.32 Å². The standard InChI is InChI=1S/C10H20N2O3/c1-12(2)7-9-15-8-6-11-5-4-10(13)14-3/h4-5,11H,6-9H2,1-3H3/b5-4+. The Morgan fingerprint density at radius 2 is 2.13 bits per heavy atom. The van der Waals surface area contributed by atoms with Crippen molar-refractivity contribution < 1.29 is 14.3 Å². The molecule has 0 atom stereocenters. The fourth-order valence-electron chi connectivity index (χ4n) is 0.759. The van der Waals surface area contributed by atoms with Gasteiger partial charge in [0.15, 0.2) is 0 Å². The van der Waals surface area contributed by atoms with E-state index in [0.717, 1.165) is 13.2 Å². The molecule has 88 valence electrons. The van der Waals surface area contributed by atoms with Gasteiger partial charge in [-0.05, 0) is 14.1 Å². The first-order valence-corrected chi connectivity index (χ1v) is 4.87. The largest absolute Gasteiger partial charge is 0.466 e. The van der Waals surface area contributed by atoms with Gasteiger partial charge in [-0.3, -0.25) is 0 Å². The summed E-state index contributed by atoms with van der Waals surface area (Å²) in [6.07, 6.45) is 2.89. The highest BCUT2D eigenvalue weighted by molar-refractivity contribution is 5.81. The van der Waals surface area contributed by atoms with E-state index >= 15 is 0 Å². The fourth-order valence-corrected chi connectivity index (χ4v) is 0.759. The van der Waals surface area contributed by atoms with Crippen molar-refractivity contribution in [3.05, 3.63) is 12.3 Å². The van der Waals surface area contributed by atoms with Gasteiger partial charge in [0, 0.05) is 25.4 Å². The molecule has 0 saturated carbocycles. The zero-order chi connectivity index (χ0) is 11.5. The summed E-state index contributed by atoms with van der Waals surface area (Å²) < 4.78 is 9.74. The average Bonchev–Trinajstić information content (AvgIpc) is 2.21. The number of rotatable bonds is 8. The van der Waals surface area contributed by atoms with Crippen molar-refractivity contribution in [3.63, 3.8) is 0 Å². The van der Waals surface area contributed by atoms with Crippen LogP contribution in [0.3, 0.4) is 0 Å². The van der Waals surface area contributed by atoms with Gasteiger partial charge < -0.3 is 19.7 Å². The molecule has 1 N–H and O–H groups in total. The van der Waals surface area contributed by atoms with E-state index in [1.165, 1.54) is 13.2 Å². The van der Waals surface area contributed by atoms with E-state index in [1.807, 2.05) is 14.1 Å². The van der Waals surface area contributed by atoms with Crippen LogP contribution in [0.5, 0.6) is 0 Å². The van der Waals surface area contributed by atoms with Crippen molar-refractivity contribution in [3.8, 4) is 0 Å². The summed E-state index contributed by atoms with van der Waals surface area (Å²) in [6, 6.07) is 0. The lowest BCUT2D eigenvalue weighted by atomic mass is 10.6. The van der Waals surface area contributed by atoms with Gasteiger partial charge >= 0.3 is 5.97 Å². The third kappa shape index (κ3) is 10.9. The molecule has 0 aliphatic rings. The van der Waals surface area contributed by atoms with E-state index in [2.05, 4.69) is 15.0 Å². The molecule has 15 heavy (non-hydrogen) atoms. The number of nitrogens with zero attached hydrogens (tertiary/aromatic N) is 1. The summed E-state index contributed by atoms with van der Waals surface area (Å²) in [5.41, 5.74) is 0. The molecule has 0 aliphatic heterocycles. The summed E-state index contributed by atoms with van der Waals surface area (Å²) in [5.74, 6) is -0.365. The highest BCUT2D eigenvalue weighted by Crippen LogP contribution is 1.78. The van der Waals surface area contributed by atoms with Crippen molar-refractivity contribution >= 4 is 5.97 Å². The first kappa shape index (κ1) is 13.9. The van der Waals surface area contributed by atoms with E-state index in [9.17, 15) is 4.79 Å². The quantitative estimate of drug-likeness (QED) is 0.347. The number of carbonyl (C=O) groups excluding carboxylic acids is 1. The van der Waals surface area contributed by atoms with Crippen molar-refractivity contribution in [1.29, 1.82) is 0 Å². The molecule has 0 aromatic heterocycles. The normalized spacial score (nSPS) is 10.9. The molecule has 5 heteroatoms. The van der Waals surface area contributed by atoms with Gasteiger partial charge in [-0.25, -0.2) is 4.79 Å². The molecule has 0 radical (unpaired) electrons. The minimum absolute atomic E-state index is 0.365. The molecular weight excluding hydrogens is 196 g/mol. The van der Waals surface area contributed by atoms with Crippen molar-refractivity contribution in [2.45, 2.75) is 0 Å². The van der Waals surface area contributed by atoms with Gasteiger partial charge in [-0.2, -0.15) is 0 Å². The van der Waals surface area contributed by atoms with E-state index in [-0.39, 0.29) is 5.97 Å². The summed E-state index contributed by atoms with van der Waals surface area (Å²) in [7, 11) is 5.35. The zero-order valence-electron chi connectivity index (χ0n) is 9.66. The number of hydrogen-bond acceptors (Lipinski definition) is 5. The molecule has 0 aromatic rings. The van der Waals surface area contributed by atoms with Crippen molar-refractivity contribution in [2.75, 3.05) is 47.5 Å². The summed E-state index contributed by atoms with van der Waals surface area (Å²) in [6.45, 7) is 2.94. The third-order valence-corrected chi connectivity index (χ3v) is 1.61. The monoisotopic (exact) mass is 216 g/mol. The summed E-state index contributed by atoms with van der Waals surface area (Å²) >= 11 is 0. The SMILES string of the molecule is COC(=O)/C=C/NCCOCCN(C)C. The Morgan fingerprint density at radius 3 is 2.73 bits per heavy atom. The number of esters is 1. The number of carbonyl (C=O) groups is 1. The molecule has 0 rings (SSSR count). The second-order valence-electron chi connectivity index (χ2n) is 3.23. The molecule has 0 aromatic carbocycles. The van der Waals surface area contributed by atoms with Gasteiger partial charge in [0.25, 0.3) is 0 Å². The molecular formula is C10H20N2O3. The smallest absolute Gasteiger partial charge is 0.331 e. The van der Waals surface area contributed by atoms with E-state index in [4.69, 9.17) is 4.74 Å². The maximum atomic E-state index is 10.6. The lowest BCUT2D eigenvalue weighted by Crippen LogP contribution is -2.21. The molecule has 0 spiro atoms. The summed E-state index contributed by atoms with van der Waals surface area (Å²) in [4.78, 5) is 12.7. The maximum Gasteiger partial charge on any atom is 0.331 e. The van der Waals surface area contributed by atoms with Crippen LogP contribution in [0.2, 0.25) is 0 Å². The first-order chi connectivity index (χ1) is 7.16. The number of methoxy groups -OCH3 is 1. The van der Waals surface area contributed by atoms with Crippen LogP contribution in [0, 0.1) is 0 Å². The fraction of sp³-hybridized carbons (Fsp3) is 0.700. The van der Waals surface area contributed by atoms with Crippen LogP contribution in [0.25, 0.3) is 0 Å². The molecule has 0 fully saturated rings. The van der Waals surface area contributed by atoms with Crippen LogP contribution in [-0.4, -0.2) is 58.4 Å². The van der Waals surface area contributed by atoms with E-state index < -0.39 is 0 Å². The molecule has 0 saturated heterocycles. The second kappa shape index (κ2) is 9.48. The van der Waals surface area contributed by atoms with Gasteiger partial charge in [0.2, 0.25) is 0 Å². The number of nitrogens with one attached hydrogen (secondary N) is 1. The van der Waals surface area contributed by atoms with Crippen LogP contribution in [0.15, 0.2) is 12.3 Å².